The van der Waals surface area contributed by atoms with Gasteiger partial charge in [0.2, 0.25) is 0 Å². The molecule has 1 N–H and O–H groups in total. The van der Waals surface area contributed by atoms with Crippen LogP contribution in [0.1, 0.15) is 11.4 Å². The third-order valence-corrected chi connectivity index (χ3v) is 2.34. The molecule has 0 spiro atoms. The van der Waals surface area contributed by atoms with Crippen LogP contribution in [0.2, 0.25) is 0 Å². The first kappa shape index (κ1) is 11.6. The van der Waals surface area contributed by atoms with Gasteiger partial charge >= 0.3 is 0 Å². The summed E-state index contributed by atoms with van der Waals surface area (Å²) in [7, 11) is 1.70. The maximum Gasteiger partial charge on any atom is 0.170 e. The number of aryl methyl sites for hydroxylation is 1. The number of benzene rings is 1. The summed E-state index contributed by atoms with van der Waals surface area (Å²) in [5.74, 6) is -1.01. The van der Waals surface area contributed by atoms with Crippen molar-refractivity contribution in [1.82, 2.24) is 25.5 Å². The summed E-state index contributed by atoms with van der Waals surface area (Å²) >= 11 is 0. The van der Waals surface area contributed by atoms with Gasteiger partial charge in [-0.05, 0) is 36.0 Å². The number of hydrogen-bond donors (Lipinski definition) is 1. The van der Waals surface area contributed by atoms with E-state index >= 15 is 0 Å². The molecule has 0 saturated carbocycles. The van der Waals surface area contributed by atoms with Crippen molar-refractivity contribution in [1.29, 1.82) is 0 Å². The Labute approximate surface area is 96.4 Å². The quantitative estimate of drug-likeness (QED) is 0.867. The molecule has 1 heterocycles. The number of tetrazole rings is 1. The summed E-state index contributed by atoms with van der Waals surface area (Å²) in [4.78, 5) is 0. The van der Waals surface area contributed by atoms with Gasteiger partial charge < -0.3 is 5.32 Å². The molecule has 0 amide bonds. The van der Waals surface area contributed by atoms with Crippen molar-refractivity contribution in [3.8, 4) is 5.69 Å². The Morgan fingerprint density at radius 2 is 2.12 bits per heavy atom. The van der Waals surface area contributed by atoms with Crippen LogP contribution in [0, 0.1) is 18.6 Å². The zero-order valence-electron chi connectivity index (χ0n) is 9.41. The van der Waals surface area contributed by atoms with Crippen LogP contribution in [0.15, 0.2) is 12.1 Å². The van der Waals surface area contributed by atoms with Gasteiger partial charge in [0.15, 0.2) is 17.5 Å². The van der Waals surface area contributed by atoms with Crippen molar-refractivity contribution in [2.75, 3.05) is 7.05 Å². The van der Waals surface area contributed by atoms with Gasteiger partial charge in [0.1, 0.15) is 5.69 Å². The molecule has 2 rings (SSSR count). The first-order chi connectivity index (χ1) is 8.15. The Morgan fingerprint density at radius 3 is 2.82 bits per heavy atom. The summed E-state index contributed by atoms with van der Waals surface area (Å²) in [5.41, 5.74) is 0.0903. The number of aromatic nitrogens is 4. The molecule has 2 aromatic rings. The standard InChI is InChI=1S/C10H11F2N5/c1-6-3-4-7(11)10(9(6)12)17-8(5-13-2)14-15-16-17/h3-4,13H,5H2,1-2H3. The average molecular weight is 239 g/mol. The van der Waals surface area contributed by atoms with E-state index in [1.807, 2.05) is 0 Å². The normalized spacial score (nSPS) is 10.8. The number of rotatable bonds is 3. The van der Waals surface area contributed by atoms with E-state index < -0.39 is 11.6 Å². The highest BCUT2D eigenvalue weighted by atomic mass is 19.1. The Bertz CT molecular complexity index is 537. The predicted octanol–water partition coefficient (Wildman–Crippen LogP) is 0.968. The van der Waals surface area contributed by atoms with Gasteiger partial charge in [-0.2, -0.15) is 4.68 Å². The number of nitrogens with one attached hydrogen (secondary N) is 1. The van der Waals surface area contributed by atoms with Crippen molar-refractivity contribution in [2.45, 2.75) is 13.5 Å². The van der Waals surface area contributed by atoms with Crippen LogP contribution >= 0.6 is 0 Å². The van der Waals surface area contributed by atoms with Crippen molar-refractivity contribution < 1.29 is 8.78 Å². The average Bonchev–Trinajstić information content (AvgIpc) is 2.73. The predicted molar refractivity (Wildman–Crippen MR) is 56.6 cm³/mol. The third-order valence-electron chi connectivity index (χ3n) is 2.34. The van der Waals surface area contributed by atoms with E-state index in [0.717, 1.165) is 4.68 Å². The van der Waals surface area contributed by atoms with Crippen molar-refractivity contribution in [3.05, 3.63) is 35.2 Å². The molecule has 1 aromatic heterocycles. The summed E-state index contributed by atoms with van der Waals surface area (Å²) in [6.07, 6.45) is 0. The third kappa shape index (κ3) is 2.01. The fraction of sp³-hybridized carbons (Fsp3) is 0.300. The van der Waals surface area contributed by atoms with Crippen LogP contribution in [0.4, 0.5) is 8.78 Å². The van der Waals surface area contributed by atoms with Crippen LogP contribution in [0.3, 0.4) is 0 Å². The minimum Gasteiger partial charge on any atom is -0.313 e. The molecular formula is C10H11F2N5. The Balaban J connectivity index is 2.60. The molecule has 1 aromatic carbocycles. The van der Waals surface area contributed by atoms with Crippen LogP contribution in [0.5, 0.6) is 0 Å². The van der Waals surface area contributed by atoms with E-state index in [4.69, 9.17) is 0 Å². The minimum atomic E-state index is -0.697. The maximum atomic E-state index is 13.9. The Hall–Kier alpha value is -1.89. The second-order valence-electron chi connectivity index (χ2n) is 3.56. The Morgan fingerprint density at radius 1 is 1.35 bits per heavy atom. The lowest BCUT2D eigenvalue weighted by Gasteiger charge is -2.08. The fourth-order valence-corrected chi connectivity index (χ4v) is 1.48. The largest absolute Gasteiger partial charge is 0.313 e. The molecule has 0 aliphatic rings. The summed E-state index contributed by atoms with van der Waals surface area (Å²) in [5, 5.41) is 13.5. The van der Waals surface area contributed by atoms with E-state index in [1.54, 1.807) is 14.0 Å². The molecule has 17 heavy (non-hydrogen) atoms. The van der Waals surface area contributed by atoms with Crippen molar-refractivity contribution in [2.24, 2.45) is 0 Å². The first-order valence-corrected chi connectivity index (χ1v) is 5.02. The van der Waals surface area contributed by atoms with Gasteiger partial charge in [-0.25, -0.2) is 8.78 Å². The number of hydrogen-bond acceptors (Lipinski definition) is 4. The number of nitrogens with zero attached hydrogens (tertiary/aromatic N) is 4. The lowest BCUT2D eigenvalue weighted by molar-refractivity contribution is 0.544. The Kier molecular flexibility index (Phi) is 3.10. The lowest BCUT2D eigenvalue weighted by atomic mass is 10.2. The topological polar surface area (TPSA) is 55.6 Å². The van der Waals surface area contributed by atoms with Crippen molar-refractivity contribution >= 4 is 0 Å². The molecule has 0 unspecified atom stereocenters. The minimum absolute atomic E-state index is 0.250. The van der Waals surface area contributed by atoms with Crippen LogP contribution in [-0.2, 0) is 6.54 Å². The molecule has 0 aliphatic heterocycles. The SMILES string of the molecule is CNCc1nnnn1-c1c(F)ccc(C)c1F. The van der Waals surface area contributed by atoms with Gasteiger partial charge in [0, 0.05) is 0 Å². The zero-order chi connectivity index (χ0) is 12.4. The van der Waals surface area contributed by atoms with E-state index in [2.05, 4.69) is 20.8 Å². The summed E-state index contributed by atoms with van der Waals surface area (Å²) < 4.78 is 28.6. The second-order valence-corrected chi connectivity index (χ2v) is 3.56. The maximum absolute atomic E-state index is 13.9. The van der Waals surface area contributed by atoms with Gasteiger partial charge in [-0.3, -0.25) is 0 Å². The molecule has 7 heteroatoms. The van der Waals surface area contributed by atoms with E-state index in [1.165, 1.54) is 12.1 Å². The van der Waals surface area contributed by atoms with Gasteiger partial charge in [0.05, 0.1) is 6.54 Å². The molecule has 0 fully saturated rings. The van der Waals surface area contributed by atoms with Gasteiger partial charge in [-0.1, -0.05) is 6.07 Å². The van der Waals surface area contributed by atoms with Gasteiger partial charge in [0.25, 0.3) is 0 Å². The highest BCUT2D eigenvalue weighted by Gasteiger charge is 2.18. The zero-order valence-corrected chi connectivity index (χ0v) is 9.41. The summed E-state index contributed by atoms with van der Waals surface area (Å²) in [6.45, 7) is 1.88. The molecule has 0 bridgehead atoms. The van der Waals surface area contributed by atoms with Crippen LogP contribution in [0.25, 0.3) is 5.69 Å². The molecule has 0 radical (unpaired) electrons. The molecular weight excluding hydrogens is 228 g/mol. The van der Waals surface area contributed by atoms with E-state index in [0.29, 0.717) is 17.9 Å². The highest BCUT2D eigenvalue weighted by Crippen LogP contribution is 2.20. The van der Waals surface area contributed by atoms with E-state index in [-0.39, 0.29) is 5.69 Å². The first-order valence-electron chi connectivity index (χ1n) is 5.02. The van der Waals surface area contributed by atoms with Crippen molar-refractivity contribution in [3.63, 3.8) is 0 Å². The summed E-state index contributed by atoms with van der Waals surface area (Å²) in [6, 6.07) is 2.56. The number of halogens is 2. The fourth-order valence-electron chi connectivity index (χ4n) is 1.48. The van der Waals surface area contributed by atoms with E-state index in [9.17, 15) is 8.78 Å². The molecule has 90 valence electrons. The molecule has 0 atom stereocenters. The van der Waals surface area contributed by atoms with Gasteiger partial charge in [-0.15, -0.1) is 5.10 Å². The molecule has 5 nitrogen and oxygen atoms in total. The highest BCUT2D eigenvalue weighted by molar-refractivity contribution is 5.38. The second kappa shape index (κ2) is 4.54. The van der Waals surface area contributed by atoms with Crippen LogP contribution < -0.4 is 5.32 Å². The monoisotopic (exact) mass is 239 g/mol. The molecule has 0 aliphatic carbocycles. The smallest absolute Gasteiger partial charge is 0.170 e. The van der Waals surface area contributed by atoms with Crippen LogP contribution in [-0.4, -0.2) is 27.3 Å². The lowest BCUT2D eigenvalue weighted by Crippen LogP contribution is -2.14. The molecule has 0 saturated heterocycles.